The van der Waals surface area contributed by atoms with Crippen LogP contribution in [0, 0.1) is 24.1 Å². The Morgan fingerprint density at radius 1 is 1.30 bits per heavy atom. The molecule has 0 spiro atoms. The number of aryl methyl sites for hydroxylation is 1. The molecule has 2 aromatic carbocycles. The number of carbonyl (C=O) groups excluding carboxylic acids is 1. The van der Waals surface area contributed by atoms with E-state index in [-0.39, 0.29) is 11.3 Å². The van der Waals surface area contributed by atoms with Crippen molar-refractivity contribution in [3.8, 4) is 6.07 Å². The molecule has 2 aromatic rings. The first kappa shape index (κ1) is 14.0. The van der Waals surface area contributed by atoms with Crippen LogP contribution in [0.2, 0.25) is 5.02 Å². The highest BCUT2D eigenvalue weighted by Gasteiger charge is 2.11. The molecule has 0 atom stereocenters. The largest absolute Gasteiger partial charge is 0.319 e. The van der Waals surface area contributed by atoms with Crippen molar-refractivity contribution in [2.45, 2.75) is 6.92 Å². The minimum absolute atomic E-state index is 0.0200. The Labute approximate surface area is 120 Å². The Kier molecular flexibility index (Phi) is 4.02. The predicted octanol–water partition coefficient (Wildman–Crippen LogP) is 3.91. The van der Waals surface area contributed by atoms with Crippen LogP contribution in [-0.2, 0) is 0 Å². The van der Waals surface area contributed by atoms with E-state index >= 15 is 0 Å². The van der Waals surface area contributed by atoms with Crippen molar-refractivity contribution in [3.05, 3.63) is 63.9 Å². The van der Waals surface area contributed by atoms with Gasteiger partial charge < -0.3 is 5.32 Å². The summed E-state index contributed by atoms with van der Waals surface area (Å²) in [5, 5.41) is 11.5. The molecule has 3 nitrogen and oxygen atoms in total. The zero-order chi connectivity index (χ0) is 14.7. The molecule has 0 saturated heterocycles. The maximum absolute atomic E-state index is 13.7. The number of rotatable bonds is 2. The van der Waals surface area contributed by atoms with Gasteiger partial charge in [-0.25, -0.2) is 4.39 Å². The first-order valence-corrected chi connectivity index (χ1v) is 6.15. The first-order valence-electron chi connectivity index (χ1n) is 5.78. The maximum atomic E-state index is 13.7. The minimum Gasteiger partial charge on any atom is -0.319 e. The molecule has 0 unspecified atom stereocenters. The molecule has 0 bridgehead atoms. The molecule has 1 N–H and O–H groups in total. The number of hydrogen-bond donors (Lipinski definition) is 1. The van der Waals surface area contributed by atoms with Crippen LogP contribution >= 0.6 is 11.6 Å². The van der Waals surface area contributed by atoms with Gasteiger partial charge in [0.25, 0.3) is 5.91 Å². The molecule has 0 heterocycles. The van der Waals surface area contributed by atoms with Crippen molar-refractivity contribution in [1.29, 1.82) is 5.26 Å². The molecule has 5 heteroatoms. The zero-order valence-electron chi connectivity index (χ0n) is 10.6. The highest BCUT2D eigenvalue weighted by Crippen LogP contribution is 2.19. The van der Waals surface area contributed by atoms with Gasteiger partial charge in [-0.2, -0.15) is 5.26 Å². The van der Waals surface area contributed by atoms with Crippen molar-refractivity contribution in [1.82, 2.24) is 0 Å². The van der Waals surface area contributed by atoms with Crippen LogP contribution in [0.15, 0.2) is 36.4 Å². The topological polar surface area (TPSA) is 52.9 Å². The lowest BCUT2D eigenvalue weighted by Crippen LogP contribution is -2.13. The van der Waals surface area contributed by atoms with Gasteiger partial charge >= 0.3 is 0 Å². The van der Waals surface area contributed by atoms with E-state index in [1.807, 2.05) is 13.0 Å². The van der Waals surface area contributed by atoms with Crippen molar-refractivity contribution in [3.63, 3.8) is 0 Å². The van der Waals surface area contributed by atoms with Gasteiger partial charge in [-0.05, 0) is 48.9 Å². The number of nitrogens with one attached hydrogen (secondary N) is 1. The summed E-state index contributed by atoms with van der Waals surface area (Å²) >= 11 is 5.88. The Hall–Kier alpha value is -2.38. The Balaban J connectivity index is 2.26. The molecule has 0 aliphatic heterocycles. The van der Waals surface area contributed by atoms with Crippen LogP contribution in [0.3, 0.4) is 0 Å². The van der Waals surface area contributed by atoms with Gasteiger partial charge in [-0.3, -0.25) is 4.79 Å². The molecule has 100 valence electrons. The van der Waals surface area contributed by atoms with E-state index in [4.69, 9.17) is 16.9 Å². The van der Waals surface area contributed by atoms with Gasteiger partial charge in [0, 0.05) is 10.6 Å². The van der Waals surface area contributed by atoms with E-state index in [9.17, 15) is 9.18 Å². The first-order chi connectivity index (χ1) is 9.49. The third-order valence-electron chi connectivity index (χ3n) is 2.65. The number of nitriles is 1. The van der Waals surface area contributed by atoms with E-state index in [2.05, 4.69) is 5.32 Å². The van der Waals surface area contributed by atoms with Crippen LogP contribution in [0.1, 0.15) is 21.5 Å². The van der Waals surface area contributed by atoms with Gasteiger partial charge in [0.1, 0.15) is 5.82 Å². The molecule has 0 saturated carbocycles. The zero-order valence-corrected chi connectivity index (χ0v) is 11.3. The second kappa shape index (κ2) is 5.72. The third-order valence-corrected chi connectivity index (χ3v) is 2.87. The number of carbonyl (C=O) groups is 1. The van der Waals surface area contributed by atoms with Gasteiger partial charge in [0.15, 0.2) is 0 Å². The summed E-state index contributed by atoms with van der Waals surface area (Å²) in [6.45, 7) is 1.81. The summed E-state index contributed by atoms with van der Waals surface area (Å²) in [4.78, 5) is 12.0. The lowest BCUT2D eigenvalue weighted by molar-refractivity contribution is 0.102. The van der Waals surface area contributed by atoms with Crippen LogP contribution < -0.4 is 5.32 Å². The lowest BCUT2D eigenvalue weighted by Gasteiger charge is -2.07. The Morgan fingerprint density at radius 2 is 2.05 bits per heavy atom. The minimum atomic E-state index is -0.656. The molecule has 0 aliphatic carbocycles. The summed E-state index contributed by atoms with van der Waals surface area (Å²) < 4.78 is 13.7. The van der Waals surface area contributed by atoms with Crippen LogP contribution in [-0.4, -0.2) is 5.91 Å². The predicted molar refractivity (Wildman–Crippen MR) is 75.3 cm³/mol. The normalized spacial score (nSPS) is 9.90. The van der Waals surface area contributed by atoms with Crippen LogP contribution in [0.25, 0.3) is 0 Å². The second-order valence-electron chi connectivity index (χ2n) is 4.28. The van der Waals surface area contributed by atoms with E-state index < -0.39 is 11.7 Å². The second-order valence-corrected chi connectivity index (χ2v) is 4.71. The lowest BCUT2D eigenvalue weighted by atomic mass is 10.1. The molecule has 1 amide bonds. The number of anilines is 1. The molecule has 0 radical (unpaired) electrons. The molecular formula is C15H10ClFN2O. The molecule has 0 aliphatic rings. The molecule has 20 heavy (non-hydrogen) atoms. The average Bonchev–Trinajstić information content (AvgIpc) is 2.39. The number of hydrogen-bond acceptors (Lipinski definition) is 2. The van der Waals surface area contributed by atoms with Gasteiger partial charge in [-0.15, -0.1) is 0 Å². The van der Waals surface area contributed by atoms with Crippen molar-refractivity contribution >= 4 is 23.2 Å². The summed E-state index contributed by atoms with van der Waals surface area (Å²) in [5.74, 6) is -1.12. The third kappa shape index (κ3) is 3.14. The fourth-order valence-electron chi connectivity index (χ4n) is 1.75. The Morgan fingerprint density at radius 3 is 2.65 bits per heavy atom. The quantitative estimate of drug-likeness (QED) is 0.911. The number of nitrogens with zero attached hydrogens (tertiary/aromatic N) is 1. The standard InChI is InChI=1S/C15H10ClFN2O/c1-9-4-11(7-12(16)5-9)15(20)19-14-3-2-10(8-18)6-13(14)17/h2-7H,1H3,(H,19,20). The van der Waals surface area contributed by atoms with Gasteiger partial charge in [-0.1, -0.05) is 11.6 Å². The summed E-state index contributed by atoms with van der Waals surface area (Å²) in [6, 6.07) is 10.6. The highest BCUT2D eigenvalue weighted by atomic mass is 35.5. The molecular weight excluding hydrogens is 279 g/mol. The summed E-state index contributed by atoms with van der Waals surface area (Å²) in [7, 11) is 0. The monoisotopic (exact) mass is 288 g/mol. The van der Waals surface area contributed by atoms with Gasteiger partial charge in [0.2, 0.25) is 0 Å². The smallest absolute Gasteiger partial charge is 0.255 e. The van der Waals surface area contributed by atoms with Gasteiger partial charge in [0.05, 0.1) is 17.3 Å². The average molecular weight is 289 g/mol. The van der Waals surface area contributed by atoms with Crippen LogP contribution in [0.4, 0.5) is 10.1 Å². The van der Waals surface area contributed by atoms with E-state index in [1.165, 1.54) is 18.2 Å². The number of benzene rings is 2. The Bertz CT molecular complexity index is 702. The van der Waals surface area contributed by atoms with Crippen molar-refractivity contribution in [2.24, 2.45) is 0 Å². The van der Waals surface area contributed by atoms with Crippen molar-refractivity contribution in [2.75, 3.05) is 5.32 Å². The SMILES string of the molecule is Cc1cc(Cl)cc(C(=O)Nc2ccc(C#N)cc2F)c1. The summed E-state index contributed by atoms with van der Waals surface area (Å²) in [6.07, 6.45) is 0. The van der Waals surface area contributed by atoms with Crippen LogP contribution in [0.5, 0.6) is 0 Å². The summed E-state index contributed by atoms with van der Waals surface area (Å²) in [5.41, 5.74) is 1.40. The maximum Gasteiger partial charge on any atom is 0.255 e. The number of halogens is 2. The highest BCUT2D eigenvalue weighted by molar-refractivity contribution is 6.31. The van der Waals surface area contributed by atoms with E-state index in [1.54, 1.807) is 12.1 Å². The fraction of sp³-hybridized carbons (Fsp3) is 0.0667. The van der Waals surface area contributed by atoms with Crippen molar-refractivity contribution < 1.29 is 9.18 Å². The molecule has 2 rings (SSSR count). The molecule has 0 aromatic heterocycles. The fourth-order valence-corrected chi connectivity index (χ4v) is 2.04. The van der Waals surface area contributed by atoms with E-state index in [0.717, 1.165) is 11.6 Å². The number of amides is 1. The molecule has 0 fully saturated rings. The van der Waals surface area contributed by atoms with E-state index in [0.29, 0.717) is 10.6 Å².